The molecule has 0 spiro atoms. The SMILES string of the molecule is Cc1ccc(CO)cc1NC(=O)C(=O)Nc1ccccc1. The topological polar surface area (TPSA) is 78.4 Å². The Balaban J connectivity index is 2.06. The van der Waals surface area contributed by atoms with Gasteiger partial charge in [0.15, 0.2) is 0 Å². The number of nitrogens with one attached hydrogen (secondary N) is 2. The molecule has 0 radical (unpaired) electrons. The van der Waals surface area contributed by atoms with Crippen LogP contribution in [0, 0.1) is 6.92 Å². The molecule has 0 aromatic heterocycles. The fourth-order valence-electron chi connectivity index (χ4n) is 1.79. The molecular formula is C16H16N2O3. The Morgan fingerprint density at radius 1 is 1.00 bits per heavy atom. The fourth-order valence-corrected chi connectivity index (χ4v) is 1.79. The summed E-state index contributed by atoms with van der Waals surface area (Å²) in [5, 5.41) is 14.2. The average Bonchev–Trinajstić information content (AvgIpc) is 2.50. The highest BCUT2D eigenvalue weighted by Crippen LogP contribution is 2.17. The first-order valence-electron chi connectivity index (χ1n) is 6.48. The summed E-state index contributed by atoms with van der Waals surface area (Å²) in [6, 6.07) is 13.9. The normalized spacial score (nSPS) is 10.0. The van der Waals surface area contributed by atoms with Crippen LogP contribution < -0.4 is 10.6 Å². The number of anilines is 2. The Morgan fingerprint density at radius 2 is 1.67 bits per heavy atom. The van der Waals surface area contributed by atoms with E-state index in [0.29, 0.717) is 16.9 Å². The van der Waals surface area contributed by atoms with Gasteiger partial charge in [0.25, 0.3) is 0 Å². The van der Waals surface area contributed by atoms with Gasteiger partial charge in [0.1, 0.15) is 0 Å². The Hall–Kier alpha value is -2.66. The fraction of sp³-hybridized carbons (Fsp3) is 0.125. The Labute approximate surface area is 122 Å². The monoisotopic (exact) mass is 284 g/mol. The third-order valence-electron chi connectivity index (χ3n) is 2.97. The lowest BCUT2D eigenvalue weighted by molar-refractivity contribution is -0.133. The van der Waals surface area contributed by atoms with Crippen LogP contribution >= 0.6 is 0 Å². The van der Waals surface area contributed by atoms with Crippen molar-refractivity contribution in [1.82, 2.24) is 0 Å². The summed E-state index contributed by atoms with van der Waals surface area (Å²) >= 11 is 0. The van der Waals surface area contributed by atoms with Crippen molar-refractivity contribution in [1.29, 1.82) is 0 Å². The van der Waals surface area contributed by atoms with Crippen LogP contribution in [0.2, 0.25) is 0 Å². The third-order valence-corrected chi connectivity index (χ3v) is 2.97. The lowest BCUT2D eigenvalue weighted by Crippen LogP contribution is -2.29. The van der Waals surface area contributed by atoms with Crippen molar-refractivity contribution >= 4 is 23.2 Å². The molecule has 21 heavy (non-hydrogen) atoms. The van der Waals surface area contributed by atoms with Gasteiger partial charge in [-0.1, -0.05) is 30.3 Å². The highest BCUT2D eigenvalue weighted by molar-refractivity contribution is 6.43. The first-order valence-corrected chi connectivity index (χ1v) is 6.48. The highest BCUT2D eigenvalue weighted by atomic mass is 16.3. The molecule has 0 heterocycles. The molecular weight excluding hydrogens is 268 g/mol. The molecule has 0 atom stereocenters. The standard InChI is InChI=1S/C16H16N2O3/c1-11-7-8-12(10-19)9-14(11)18-16(21)15(20)17-13-5-3-2-4-6-13/h2-9,19H,10H2,1H3,(H,17,20)(H,18,21). The second kappa shape index (κ2) is 6.67. The molecule has 0 saturated carbocycles. The first-order chi connectivity index (χ1) is 10.1. The number of aryl methyl sites for hydroxylation is 1. The number of aliphatic hydroxyl groups excluding tert-OH is 1. The van der Waals surface area contributed by atoms with Crippen molar-refractivity contribution in [2.45, 2.75) is 13.5 Å². The number of carbonyl (C=O) groups is 2. The zero-order chi connectivity index (χ0) is 15.2. The van der Waals surface area contributed by atoms with Gasteiger partial charge in [-0.05, 0) is 36.2 Å². The average molecular weight is 284 g/mol. The number of amides is 2. The van der Waals surface area contributed by atoms with E-state index in [9.17, 15) is 9.59 Å². The second-order valence-electron chi connectivity index (χ2n) is 4.58. The van der Waals surface area contributed by atoms with E-state index >= 15 is 0 Å². The van der Waals surface area contributed by atoms with Gasteiger partial charge in [0, 0.05) is 11.4 Å². The highest BCUT2D eigenvalue weighted by Gasteiger charge is 2.15. The van der Waals surface area contributed by atoms with Crippen molar-refractivity contribution in [2.75, 3.05) is 10.6 Å². The smallest absolute Gasteiger partial charge is 0.314 e. The van der Waals surface area contributed by atoms with Crippen LogP contribution in [0.25, 0.3) is 0 Å². The Morgan fingerprint density at radius 3 is 2.33 bits per heavy atom. The number of rotatable bonds is 3. The summed E-state index contributed by atoms with van der Waals surface area (Å²) in [5.41, 5.74) is 2.54. The van der Waals surface area contributed by atoms with E-state index in [1.807, 2.05) is 13.0 Å². The predicted molar refractivity (Wildman–Crippen MR) is 80.8 cm³/mol. The first kappa shape index (κ1) is 14.7. The number of aliphatic hydroxyl groups is 1. The van der Waals surface area contributed by atoms with E-state index in [2.05, 4.69) is 10.6 Å². The molecule has 5 heteroatoms. The summed E-state index contributed by atoms with van der Waals surface area (Å²) in [7, 11) is 0. The van der Waals surface area contributed by atoms with Crippen molar-refractivity contribution in [3.8, 4) is 0 Å². The van der Waals surface area contributed by atoms with Crippen LogP contribution in [-0.4, -0.2) is 16.9 Å². The molecule has 3 N–H and O–H groups in total. The van der Waals surface area contributed by atoms with E-state index in [1.165, 1.54) is 0 Å². The molecule has 0 fully saturated rings. The zero-order valence-electron chi connectivity index (χ0n) is 11.6. The second-order valence-corrected chi connectivity index (χ2v) is 4.58. The lowest BCUT2D eigenvalue weighted by atomic mass is 10.1. The molecule has 5 nitrogen and oxygen atoms in total. The van der Waals surface area contributed by atoms with Gasteiger partial charge in [0.05, 0.1) is 6.61 Å². The van der Waals surface area contributed by atoms with Crippen LogP contribution in [0.5, 0.6) is 0 Å². The number of para-hydroxylation sites is 1. The molecule has 0 unspecified atom stereocenters. The van der Waals surface area contributed by atoms with Crippen LogP contribution in [0.3, 0.4) is 0 Å². The van der Waals surface area contributed by atoms with Gasteiger partial charge in [-0.3, -0.25) is 9.59 Å². The summed E-state index contributed by atoms with van der Waals surface area (Å²) in [6.07, 6.45) is 0. The van der Waals surface area contributed by atoms with E-state index in [0.717, 1.165) is 5.56 Å². The molecule has 2 aromatic rings. The van der Waals surface area contributed by atoms with Crippen molar-refractivity contribution in [2.24, 2.45) is 0 Å². The van der Waals surface area contributed by atoms with Crippen LogP contribution in [0.4, 0.5) is 11.4 Å². The molecule has 2 amide bonds. The number of hydrogen-bond donors (Lipinski definition) is 3. The summed E-state index contributed by atoms with van der Waals surface area (Å²) in [4.78, 5) is 23.7. The van der Waals surface area contributed by atoms with Crippen LogP contribution in [-0.2, 0) is 16.2 Å². The molecule has 0 aliphatic rings. The van der Waals surface area contributed by atoms with E-state index in [4.69, 9.17) is 5.11 Å². The van der Waals surface area contributed by atoms with Gasteiger partial charge in [-0.25, -0.2) is 0 Å². The number of benzene rings is 2. The zero-order valence-corrected chi connectivity index (χ0v) is 11.6. The van der Waals surface area contributed by atoms with E-state index in [-0.39, 0.29) is 6.61 Å². The minimum Gasteiger partial charge on any atom is -0.392 e. The van der Waals surface area contributed by atoms with Gasteiger partial charge >= 0.3 is 11.8 Å². The van der Waals surface area contributed by atoms with E-state index in [1.54, 1.807) is 42.5 Å². The molecule has 0 bridgehead atoms. The van der Waals surface area contributed by atoms with Crippen molar-refractivity contribution in [3.05, 3.63) is 59.7 Å². The maximum Gasteiger partial charge on any atom is 0.314 e. The number of carbonyl (C=O) groups excluding carboxylic acids is 2. The predicted octanol–water partition coefficient (Wildman–Crippen LogP) is 2.06. The van der Waals surface area contributed by atoms with Crippen LogP contribution in [0.1, 0.15) is 11.1 Å². The summed E-state index contributed by atoms with van der Waals surface area (Å²) in [5.74, 6) is -1.49. The summed E-state index contributed by atoms with van der Waals surface area (Å²) < 4.78 is 0. The Bertz CT molecular complexity index is 654. The molecule has 0 saturated heterocycles. The molecule has 2 rings (SSSR count). The molecule has 2 aromatic carbocycles. The van der Waals surface area contributed by atoms with Crippen molar-refractivity contribution < 1.29 is 14.7 Å². The van der Waals surface area contributed by atoms with Gasteiger partial charge < -0.3 is 15.7 Å². The van der Waals surface area contributed by atoms with Crippen molar-refractivity contribution in [3.63, 3.8) is 0 Å². The quantitative estimate of drug-likeness (QED) is 0.755. The molecule has 0 aliphatic carbocycles. The lowest BCUT2D eigenvalue weighted by Gasteiger charge is -2.10. The van der Waals surface area contributed by atoms with Gasteiger partial charge in [-0.15, -0.1) is 0 Å². The number of hydrogen-bond acceptors (Lipinski definition) is 3. The Kier molecular flexibility index (Phi) is 4.68. The van der Waals surface area contributed by atoms with Gasteiger partial charge in [0.2, 0.25) is 0 Å². The van der Waals surface area contributed by atoms with Gasteiger partial charge in [-0.2, -0.15) is 0 Å². The third kappa shape index (κ3) is 3.90. The molecule has 0 aliphatic heterocycles. The largest absolute Gasteiger partial charge is 0.392 e. The molecule has 108 valence electrons. The minimum atomic E-state index is -0.753. The minimum absolute atomic E-state index is 0.126. The maximum atomic E-state index is 11.9. The summed E-state index contributed by atoms with van der Waals surface area (Å²) in [6.45, 7) is 1.69. The van der Waals surface area contributed by atoms with E-state index < -0.39 is 11.8 Å². The maximum absolute atomic E-state index is 11.9. The van der Waals surface area contributed by atoms with Crippen LogP contribution in [0.15, 0.2) is 48.5 Å².